The van der Waals surface area contributed by atoms with E-state index < -0.39 is 0 Å². The number of aromatic nitrogens is 2. The average Bonchev–Trinajstić information content (AvgIpc) is 2.98. The summed E-state index contributed by atoms with van der Waals surface area (Å²) in [5.41, 5.74) is 6.21. The number of carbonyl (C=O) groups is 1. The third-order valence-electron chi connectivity index (χ3n) is 4.90. The van der Waals surface area contributed by atoms with E-state index in [0.717, 1.165) is 23.0 Å². The van der Waals surface area contributed by atoms with Crippen molar-refractivity contribution in [1.82, 2.24) is 15.3 Å². The minimum atomic E-state index is -0.0806. The number of hydrogen-bond donors (Lipinski definition) is 2. The zero-order chi connectivity index (χ0) is 18.1. The number of rotatable bonds is 4. The molecule has 1 amide bonds. The topological polar surface area (TPSA) is 57.8 Å². The SMILES string of the molecule is Cc1[nH]c2c(C)cccc2c1CCNC(=O)c1cccc2cccnc12. The van der Waals surface area contributed by atoms with Gasteiger partial charge in [-0.25, -0.2) is 0 Å². The van der Waals surface area contributed by atoms with E-state index in [4.69, 9.17) is 0 Å². The van der Waals surface area contributed by atoms with E-state index in [0.29, 0.717) is 12.1 Å². The molecular weight excluding hydrogens is 322 g/mol. The number of H-pyrrole nitrogens is 1. The van der Waals surface area contributed by atoms with Crippen LogP contribution in [0.5, 0.6) is 0 Å². The van der Waals surface area contributed by atoms with Crippen molar-refractivity contribution in [2.75, 3.05) is 6.54 Å². The van der Waals surface area contributed by atoms with Gasteiger partial charge in [-0.3, -0.25) is 9.78 Å². The Labute approximate surface area is 152 Å². The quantitative estimate of drug-likeness (QED) is 0.580. The molecule has 0 unspecified atom stereocenters. The Hall–Kier alpha value is -3.14. The van der Waals surface area contributed by atoms with Crippen LogP contribution in [0.4, 0.5) is 0 Å². The molecule has 0 saturated carbocycles. The van der Waals surface area contributed by atoms with Crippen molar-refractivity contribution >= 4 is 27.7 Å². The summed E-state index contributed by atoms with van der Waals surface area (Å²) in [4.78, 5) is 20.5. The Morgan fingerprint density at radius 1 is 1.08 bits per heavy atom. The maximum Gasteiger partial charge on any atom is 0.253 e. The fourth-order valence-corrected chi connectivity index (χ4v) is 3.56. The second kappa shape index (κ2) is 6.64. The minimum absolute atomic E-state index is 0.0806. The molecule has 4 aromatic rings. The van der Waals surface area contributed by atoms with E-state index in [1.165, 1.54) is 22.0 Å². The molecule has 0 atom stereocenters. The number of aromatic amines is 1. The van der Waals surface area contributed by atoms with Gasteiger partial charge in [0.15, 0.2) is 0 Å². The fourth-order valence-electron chi connectivity index (χ4n) is 3.56. The van der Waals surface area contributed by atoms with E-state index in [2.05, 4.69) is 47.3 Å². The lowest BCUT2D eigenvalue weighted by Crippen LogP contribution is -2.26. The van der Waals surface area contributed by atoms with E-state index in [-0.39, 0.29) is 5.91 Å². The van der Waals surface area contributed by atoms with Crippen molar-refractivity contribution in [1.29, 1.82) is 0 Å². The van der Waals surface area contributed by atoms with Gasteiger partial charge in [-0.1, -0.05) is 36.4 Å². The van der Waals surface area contributed by atoms with Crippen LogP contribution in [-0.4, -0.2) is 22.4 Å². The Balaban J connectivity index is 1.52. The first-order chi connectivity index (χ1) is 12.6. The first-order valence-corrected chi connectivity index (χ1v) is 8.84. The minimum Gasteiger partial charge on any atom is -0.358 e. The molecule has 2 N–H and O–H groups in total. The molecule has 0 bridgehead atoms. The lowest BCUT2D eigenvalue weighted by Gasteiger charge is -2.08. The molecule has 4 rings (SSSR count). The van der Waals surface area contributed by atoms with E-state index in [9.17, 15) is 4.79 Å². The third-order valence-corrected chi connectivity index (χ3v) is 4.90. The fraction of sp³-hybridized carbons (Fsp3) is 0.182. The number of benzene rings is 2. The highest BCUT2D eigenvalue weighted by Gasteiger charge is 2.12. The largest absolute Gasteiger partial charge is 0.358 e. The highest BCUT2D eigenvalue weighted by Crippen LogP contribution is 2.25. The maximum atomic E-state index is 12.6. The second-order valence-electron chi connectivity index (χ2n) is 6.61. The van der Waals surface area contributed by atoms with Crippen molar-refractivity contribution in [2.45, 2.75) is 20.3 Å². The van der Waals surface area contributed by atoms with Crippen LogP contribution in [0.3, 0.4) is 0 Å². The van der Waals surface area contributed by atoms with Crippen molar-refractivity contribution in [2.24, 2.45) is 0 Å². The normalized spacial score (nSPS) is 11.2. The number of pyridine rings is 1. The van der Waals surface area contributed by atoms with Crippen LogP contribution >= 0.6 is 0 Å². The van der Waals surface area contributed by atoms with Gasteiger partial charge in [0.05, 0.1) is 11.1 Å². The second-order valence-corrected chi connectivity index (χ2v) is 6.61. The molecular formula is C22H21N3O. The van der Waals surface area contributed by atoms with Gasteiger partial charge >= 0.3 is 0 Å². The zero-order valence-corrected chi connectivity index (χ0v) is 15.0. The van der Waals surface area contributed by atoms with Crippen LogP contribution in [0.25, 0.3) is 21.8 Å². The van der Waals surface area contributed by atoms with Crippen molar-refractivity contribution in [3.63, 3.8) is 0 Å². The lowest BCUT2D eigenvalue weighted by atomic mass is 10.1. The molecule has 0 spiro atoms. The van der Waals surface area contributed by atoms with Gasteiger partial charge in [0.1, 0.15) is 0 Å². The number of aryl methyl sites for hydroxylation is 2. The van der Waals surface area contributed by atoms with Crippen molar-refractivity contribution in [3.8, 4) is 0 Å². The number of nitrogens with zero attached hydrogens (tertiary/aromatic N) is 1. The first-order valence-electron chi connectivity index (χ1n) is 8.84. The Bertz CT molecular complexity index is 1110. The predicted octanol–water partition coefficient (Wildman–Crippen LogP) is 4.31. The van der Waals surface area contributed by atoms with Gasteiger partial charge in [0, 0.05) is 34.7 Å². The highest BCUT2D eigenvalue weighted by atomic mass is 16.1. The van der Waals surface area contributed by atoms with Crippen molar-refractivity contribution < 1.29 is 4.79 Å². The summed E-state index contributed by atoms with van der Waals surface area (Å²) in [6, 6.07) is 15.9. The van der Waals surface area contributed by atoms with E-state index >= 15 is 0 Å². The molecule has 0 aliphatic carbocycles. The van der Waals surface area contributed by atoms with E-state index in [1.54, 1.807) is 6.20 Å². The van der Waals surface area contributed by atoms with Crippen LogP contribution in [0.2, 0.25) is 0 Å². The number of nitrogens with one attached hydrogen (secondary N) is 2. The lowest BCUT2D eigenvalue weighted by molar-refractivity contribution is 0.0955. The monoisotopic (exact) mass is 343 g/mol. The van der Waals surface area contributed by atoms with Gasteiger partial charge in [-0.2, -0.15) is 0 Å². The molecule has 2 aromatic heterocycles. The van der Waals surface area contributed by atoms with Crippen LogP contribution in [0.15, 0.2) is 54.7 Å². The zero-order valence-electron chi connectivity index (χ0n) is 15.0. The Morgan fingerprint density at radius 3 is 2.77 bits per heavy atom. The van der Waals surface area contributed by atoms with Crippen LogP contribution in [-0.2, 0) is 6.42 Å². The van der Waals surface area contributed by atoms with Gasteiger partial charge in [-0.15, -0.1) is 0 Å². The van der Waals surface area contributed by atoms with E-state index in [1.807, 2.05) is 30.3 Å². The molecule has 0 aliphatic heterocycles. The molecule has 0 fully saturated rings. The third kappa shape index (κ3) is 2.84. The van der Waals surface area contributed by atoms with Crippen molar-refractivity contribution in [3.05, 3.63) is 77.1 Å². The summed E-state index contributed by atoms with van der Waals surface area (Å²) in [5, 5.41) is 5.26. The number of hydrogen-bond acceptors (Lipinski definition) is 2. The van der Waals surface area contributed by atoms with Gasteiger partial charge in [0.25, 0.3) is 5.91 Å². The molecule has 130 valence electrons. The Morgan fingerprint density at radius 2 is 1.88 bits per heavy atom. The molecule has 4 nitrogen and oxygen atoms in total. The molecule has 2 aromatic carbocycles. The van der Waals surface area contributed by atoms with Crippen LogP contribution < -0.4 is 5.32 Å². The average molecular weight is 343 g/mol. The molecule has 0 radical (unpaired) electrons. The van der Waals surface area contributed by atoms with Crippen LogP contribution in [0.1, 0.15) is 27.2 Å². The highest BCUT2D eigenvalue weighted by molar-refractivity contribution is 6.05. The number of para-hydroxylation sites is 2. The standard InChI is InChI=1S/C22H21N3O/c1-14-6-3-9-18-17(15(2)25-20(14)18)11-13-24-22(26)19-10-4-7-16-8-5-12-23-21(16)19/h3-10,12,25H,11,13H2,1-2H3,(H,24,26). The molecule has 26 heavy (non-hydrogen) atoms. The number of fused-ring (bicyclic) bond motifs is 2. The smallest absolute Gasteiger partial charge is 0.253 e. The molecule has 2 heterocycles. The summed E-state index contributed by atoms with van der Waals surface area (Å²) in [6.07, 6.45) is 2.51. The van der Waals surface area contributed by atoms with Gasteiger partial charge in [-0.05, 0) is 43.5 Å². The molecule has 0 saturated heterocycles. The van der Waals surface area contributed by atoms with Gasteiger partial charge < -0.3 is 10.3 Å². The first kappa shape index (κ1) is 16.3. The Kier molecular flexibility index (Phi) is 4.17. The molecule has 0 aliphatic rings. The summed E-state index contributed by atoms with van der Waals surface area (Å²) in [6.45, 7) is 4.78. The maximum absolute atomic E-state index is 12.6. The van der Waals surface area contributed by atoms with Crippen LogP contribution in [0, 0.1) is 13.8 Å². The predicted molar refractivity (Wildman–Crippen MR) is 106 cm³/mol. The summed E-state index contributed by atoms with van der Waals surface area (Å²) in [5.74, 6) is -0.0806. The van der Waals surface area contributed by atoms with Gasteiger partial charge in [0.2, 0.25) is 0 Å². The number of amides is 1. The number of carbonyl (C=O) groups excluding carboxylic acids is 1. The summed E-state index contributed by atoms with van der Waals surface area (Å²) < 4.78 is 0. The molecule has 4 heteroatoms. The summed E-state index contributed by atoms with van der Waals surface area (Å²) in [7, 11) is 0. The summed E-state index contributed by atoms with van der Waals surface area (Å²) >= 11 is 0.